The first-order valence-electron chi connectivity index (χ1n) is 9.53. The van der Waals surface area contributed by atoms with Gasteiger partial charge in [-0.15, -0.1) is 0 Å². The van der Waals surface area contributed by atoms with Crippen molar-refractivity contribution in [3.63, 3.8) is 0 Å². The molecule has 0 radical (unpaired) electrons. The van der Waals surface area contributed by atoms with E-state index in [1.165, 1.54) is 18.6 Å². The fourth-order valence-corrected chi connectivity index (χ4v) is 2.93. The molecule has 1 aliphatic rings. The van der Waals surface area contributed by atoms with Gasteiger partial charge in [0, 0.05) is 25.1 Å². The third-order valence-corrected chi connectivity index (χ3v) is 4.45. The zero-order valence-corrected chi connectivity index (χ0v) is 17.2. The Balaban J connectivity index is 1.75. The molecule has 0 saturated heterocycles. The summed E-state index contributed by atoms with van der Waals surface area (Å²) in [6.45, 7) is 8.75. The lowest BCUT2D eigenvalue weighted by Gasteiger charge is -2.21. The van der Waals surface area contributed by atoms with E-state index >= 15 is 0 Å². The Morgan fingerprint density at radius 1 is 0.931 bits per heavy atom. The minimum absolute atomic E-state index is 0.0813. The third kappa shape index (κ3) is 5.38. The molecule has 0 atom stereocenters. The number of hydrogen-bond donors (Lipinski definition) is 2. The van der Waals surface area contributed by atoms with Gasteiger partial charge in [0.1, 0.15) is 13.2 Å². The van der Waals surface area contributed by atoms with E-state index < -0.39 is 0 Å². The smallest absolute Gasteiger partial charge is 0.248 e. The zero-order chi connectivity index (χ0) is 21.0. The normalized spacial score (nSPS) is 13.2. The van der Waals surface area contributed by atoms with Crippen molar-refractivity contribution in [1.29, 1.82) is 0 Å². The molecule has 2 aromatic carbocycles. The first-order chi connectivity index (χ1) is 13.7. The van der Waals surface area contributed by atoms with E-state index in [-0.39, 0.29) is 17.2 Å². The standard InChI is InChI=1S/C23H26N2O4/c1-15(26)24-18-13-20-21(29-12-11-28-20)14-19(18)25-22(27)10-7-16-5-8-17(9-6-16)23(2,3)4/h5-10,13-14H,11-12H2,1-4H3,(H,24,26)(H,25,27)/b10-7+. The van der Waals surface area contributed by atoms with E-state index in [0.717, 1.165) is 5.56 Å². The second-order valence-electron chi connectivity index (χ2n) is 7.92. The molecule has 152 valence electrons. The second kappa shape index (κ2) is 8.39. The third-order valence-electron chi connectivity index (χ3n) is 4.45. The fourth-order valence-electron chi connectivity index (χ4n) is 2.93. The van der Waals surface area contributed by atoms with Crippen LogP contribution in [0.5, 0.6) is 11.5 Å². The summed E-state index contributed by atoms with van der Waals surface area (Å²) in [5, 5.41) is 5.51. The summed E-state index contributed by atoms with van der Waals surface area (Å²) >= 11 is 0. The van der Waals surface area contributed by atoms with E-state index in [1.54, 1.807) is 18.2 Å². The van der Waals surface area contributed by atoms with Crippen LogP contribution in [-0.4, -0.2) is 25.0 Å². The van der Waals surface area contributed by atoms with Gasteiger partial charge in [-0.25, -0.2) is 0 Å². The van der Waals surface area contributed by atoms with Crippen LogP contribution in [0.4, 0.5) is 11.4 Å². The maximum absolute atomic E-state index is 12.4. The summed E-state index contributed by atoms with van der Waals surface area (Å²) in [5.74, 6) is 0.509. The van der Waals surface area contributed by atoms with Gasteiger partial charge in [-0.05, 0) is 22.6 Å². The molecular formula is C23H26N2O4. The lowest BCUT2D eigenvalue weighted by Crippen LogP contribution is -2.18. The lowest BCUT2D eigenvalue weighted by atomic mass is 9.87. The lowest BCUT2D eigenvalue weighted by molar-refractivity contribution is -0.114. The SMILES string of the molecule is CC(=O)Nc1cc2c(cc1NC(=O)/C=C/c1ccc(C(C)(C)C)cc1)OCCO2. The van der Waals surface area contributed by atoms with Gasteiger partial charge in [0.05, 0.1) is 11.4 Å². The second-order valence-corrected chi connectivity index (χ2v) is 7.92. The Bertz CT molecular complexity index is 941. The van der Waals surface area contributed by atoms with Crippen molar-refractivity contribution >= 4 is 29.3 Å². The number of anilines is 2. The average Bonchev–Trinajstić information content (AvgIpc) is 2.66. The number of carbonyl (C=O) groups excluding carboxylic acids is 2. The molecule has 6 heteroatoms. The number of rotatable bonds is 4. The molecule has 0 saturated carbocycles. The molecule has 1 aliphatic heterocycles. The molecule has 2 aromatic rings. The van der Waals surface area contributed by atoms with E-state index in [4.69, 9.17) is 9.47 Å². The van der Waals surface area contributed by atoms with Crippen LogP contribution in [0.3, 0.4) is 0 Å². The van der Waals surface area contributed by atoms with Gasteiger partial charge in [0.25, 0.3) is 0 Å². The van der Waals surface area contributed by atoms with Crippen LogP contribution in [0.1, 0.15) is 38.8 Å². The van der Waals surface area contributed by atoms with Crippen molar-refractivity contribution in [3.8, 4) is 11.5 Å². The number of ether oxygens (including phenoxy) is 2. The summed E-state index contributed by atoms with van der Waals surface area (Å²) in [6.07, 6.45) is 3.21. The van der Waals surface area contributed by atoms with Crippen molar-refractivity contribution in [2.75, 3.05) is 23.8 Å². The number of carbonyl (C=O) groups is 2. The summed E-state index contributed by atoms with van der Waals surface area (Å²) in [7, 11) is 0. The molecule has 3 rings (SSSR count). The van der Waals surface area contributed by atoms with Crippen LogP contribution in [0, 0.1) is 0 Å². The van der Waals surface area contributed by atoms with Gasteiger partial charge in [-0.3, -0.25) is 9.59 Å². The predicted octanol–water partition coefficient (Wildman–Crippen LogP) is 4.37. The zero-order valence-electron chi connectivity index (χ0n) is 17.2. The maximum atomic E-state index is 12.4. The highest BCUT2D eigenvalue weighted by Crippen LogP contribution is 2.38. The molecule has 0 bridgehead atoms. The number of amides is 2. The summed E-state index contributed by atoms with van der Waals surface area (Å²) in [5.41, 5.74) is 3.14. The van der Waals surface area contributed by atoms with Crippen LogP contribution in [0.25, 0.3) is 6.08 Å². The van der Waals surface area contributed by atoms with E-state index in [1.807, 2.05) is 12.1 Å². The van der Waals surface area contributed by atoms with Gasteiger partial charge in [-0.1, -0.05) is 45.0 Å². The van der Waals surface area contributed by atoms with Crippen molar-refractivity contribution in [3.05, 3.63) is 53.6 Å². The first-order valence-corrected chi connectivity index (χ1v) is 9.53. The van der Waals surface area contributed by atoms with E-state index in [2.05, 4.69) is 43.5 Å². The number of benzene rings is 2. The van der Waals surface area contributed by atoms with Crippen molar-refractivity contribution in [2.45, 2.75) is 33.1 Å². The summed E-state index contributed by atoms with van der Waals surface area (Å²) in [4.78, 5) is 24.0. The predicted molar refractivity (Wildman–Crippen MR) is 115 cm³/mol. The largest absolute Gasteiger partial charge is 0.486 e. The maximum Gasteiger partial charge on any atom is 0.248 e. The molecule has 0 aliphatic carbocycles. The Labute approximate surface area is 170 Å². The average molecular weight is 394 g/mol. The van der Waals surface area contributed by atoms with Crippen LogP contribution in [0.2, 0.25) is 0 Å². The van der Waals surface area contributed by atoms with Gasteiger partial charge in [0.2, 0.25) is 11.8 Å². The number of fused-ring (bicyclic) bond motifs is 1. The van der Waals surface area contributed by atoms with Crippen LogP contribution in [0.15, 0.2) is 42.5 Å². The van der Waals surface area contributed by atoms with Crippen molar-refractivity contribution in [2.24, 2.45) is 0 Å². The topological polar surface area (TPSA) is 76.7 Å². The molecule has 1 heterocycles. The molecule has 0 spiro atoms. The van der Waals surface area contributed by atoms with Gasteiger partial charge in [0.15, 0.2) is 11.5 Å². The summed E-state index contributed by atoms with van der Waals surface area (Å²) in [6, 6.07) is 11.4. The monoisotopic (exact) mass is 394 g/mol. The van der Waals surface area contributed by atoms with Crippen molar-refractivity contribution in [1.82, 2.24) is 0 Å². The molecule has 0 aromatic heterocycles. The first kappa shape index (κ1) is 20.5. The molecule has 2 amide bonds. The van der Waals surface area contributed by atoms with Crippen LogP contribution in [-0.2, 0) is 15.0 Å². The minimum Gasteiger partial charge on any atom is -0.486 e. The van der Waals surface area contributed by atoms with Crippen molar-refractivity contribution < 1.29 is 19.1 Å². The van der Waals surface area contributed by atoms with Gasteiger partial charge < -0.3 is 20.1 Å². The highest BCUT2D eigenvalue weighted by Gasteiger charge is 2.17. The Morgan fingerprint density at radius 3 is 2.00 bits per heavy atom. The van der Waals surface area contributed by atoms with Gasteiger partial charge >= 0.3 is 0 Å². The fraction of sp³-hybridized carbons (Fsp3) is 0.304. The number of hydrogen-bond acceptors (Lipinski definition) is 4. The Morgan fingerprint density at radius 2 is 1.48 bits per heavy atom. The van der Waals surface area contributed by atoms with E-state index in [0.29, 0.717) is 36.1 Å². The molecule has 0 fully saturated rings. The minimum atomic E-state index is -0.312. The van der Waals surface area contributed by atoms with Gasteiger partial charge in [-0.2, -0.15) is 0 Å². The van der Waals surface area contributed by atoms with E-state index in [9.17, 15) is 9.59 Å². The van der Waals surface area contributed by atoms with Crippen LogP contribution < -0.4 is 20.1 Å². The molecular weight excluding hydrogens is 368 g/mol. The Kier molecular flexibility index (Phi) is 5.92. The molecule has 0 unspecified atom stereocenters. The molecule has 2 N–H and O–H groups in total. The highest BCUT2D eigenvalue weighted by molar-refractivity contribution is 6.05. The molecule has 29 heavy (non-hydrogen) atoms. The quantitative estimate of drug-likeness (QED) is 0.755. The summed E-state index contributed by atoms with van der Waals surface area (Å²) < 4.78 is 11.1. The molecule has 6 nitrogen and oxygen atoms in total. The highest BCUT2D eigenvalue weighted by atomic mass is 16.6. The Hall–Kier alpha value is -3.28. The van der Waals surface area contributed by atoms with Crippen LogP contribution >= 0.6 is 0 Å². The number of nitrogens with one attached hydrogen (secondary N) is 2.